The van der Waals surface area contributed by atoms with Gasteiger partial charge in [-0.25, -0.2) is 4.98 Å². The molecule has 84 valence electrons. The number of nitrogens with zero attached hydrogens (tertiary/aromatic N) is 2. The van der Waals surface area contributed by atoms with Gasteiger partial charge in [0.15, 0.2) is 0 Å². The van der Waals surface area contributed by atoms with Gasteiger partial charge in [-0.1, -0.05) is 18.7 Å². The van der Waals surface area contributed by atoms with E-state index in [1.165, 1.54) is 0 Å². The molecule has 4 nitrogen and oxygen atoms in total. The van der Waals surface area contributed by atoms with Crippen molar-refractivity contribution in [2.24, 2.45) is 0 Å². The van der Waals surface area contributed by atoms with E-state index in [1.807, 2.05) is 13.0 Å². The lowest BCUT2D eigenvalue weighted by atomic mass is 10.3. The van der Waals surface area contributed by atoms with E-state index in [4.69, 9.17) is 10.4 Å². The molecule has 1 heterocycles. The van der Waals surface area contributed by atoms with Crippen molar-refractivity contribution < 1.29 is 9.90 Å². The normalized spacial score (nSPS) is 11.8. The zero-order valence-corrected chi connectivity index (χ0v) is 9.91. The van der Waals surface area contributed by atoms with Gasteiger partial charge in [-0.05, 0) is 25.5 Å². The Hall–Kier alpha value is -1.54. The highest BCUT2D eigenvalue weighted by molar-refractivity contribution is 8.00. The average Bonchev–Trinajstić information content (AvgIpc) is 2.25. The number of aromatic nitrogens is 1. The fraction of sp³-hybridized carbons (Fsp3) is 0.364. The summed E-state index contributed by atoms with van der Waals surface area (Å²) in [7, 11) is 0. The summed E-state index contributed by atoms with van der Waals surface area (Å²) in [6.45, 7) is 3.61. The topological polar surface area (TPSA) is 74.0 Å². The summed E-state index contributed by atoms with van der Waals surface area (Å²) in [6.07, 6.45) is 0.500. The number of nitriles is 1. The largest absolute Gasteiger partial charge is 0.480 e. The summed E-state index contributed by atoms with van der Waals surface area (Å²) in [5, 5.41) is 17.8. The molecular weight excluding hydrogens is 224 g/mol. The molecule has 1 N–H and O–H groups in total. The number of carboxylic acid groups (broad SMARTS) is 1. The number of pyridine rings is 1. The van der Waals surface area contributed by atoms with Gasteiger partial charge >= 0.3 is 5.97 Å². The highest BCUT2D eigenvalue weighted by Crippen LogP contribution is 2.26. The molecule has 0 aliphatic rings. The first-order valence-electron chi connectivity index (χ1n) is 4.85. The summed E-state index contributed by atoms with van der Waals surface area (Å²) in [5.41, 5.74) is 1.21. The standard InChI is InChI=1S/C11H12N2O2S/c1-3-9(11(14)15)16-10-8(6-12)5-4-7(2)13-10/h4-5,9H,3H2,1-2H3,(H,14,15). The Morgan fingerprint density at radius 1 is 1.69 bits per heavy atom. The molecule has 0 aliphatic carbocycles. The first-order valence-corrected chi connectivity index (χ1v) is 5.73. The van der Waals surface area contributed by atoms with Crippen LogP contribution in [0.5, 0.6) is 0 Å². The van der Waals surface area contributed by atoms with Gasteiger partial charge < -0.3 is 5.11 Å². The van der Waals surface area contributed by atoms with E-state index in [-0.39, 0.29) is 0 Å². The lowest BCUT2D eigenvalue weighted by molar-refractivity contribution is -0.136. The van der Waals surface area contributed by atoms with Crippen LogP contribution >= 0.6 is 11.8 Å². The van der Waals surface area contributed by atoms with E-state index in [0.29, 0.717) is 17.0 Å². The van der Waals surface area contributed by atoms with Crippen molar-refractivity contribution in [1.82, 2.24) is 4.98 Å². The van der Waals surface area contributed by atoms with Crippen LogP contribution in [-0.2, 0) is 4.79 Å². The molecule has 5 heteroatoms. The number of thioether (sulfide) groups is 1. The molecule has 0 aromatic carbocycles. The van der Waals surface area contributed by atoms with Gasteiger partial charge in [0.2, 0.25) is 0 Å². The third-order valence-electron chi connectivity index (χ3n) is 2.02. The van der Waals surface area contributed by atoms with Crippen LogP contribution in [-0.4, -0.2) is 21.3 Å². The number of aryl methyl sites for hydroxylation is 1. The van der Waals surface area contributed by atoms with Crippen LogP contribution in [0, 0.1) is 18.3 Å². The molecule has 1 atom stereocenters. The molecule has 0 fully saturated rings. The van der Waals surface area contributed by atoms with Crippen LogP contribution < -0.4 is 0 Å². The SMILES string of the molecule is CCC(Sc1nc(C)ccc1C#N)C(=O)O. The zero-order valence-electron chi connectivity index (χ0n) is 9.10. The van der Waals surface area contributed by atoms with E-state index in [1.54, 1.807) is 19.1 Å². The lowest BCUT2D eigenvalue weighted by Crippen LogP contribution is -2.15. The second-order valence-electron chi connectivity index (χ2n) is 3.27. The Labute approximate surface area is 98.3 Å². The minimum absolute atomic E-state index is 0.426. The fourth-order valence-electron chi connectivity index (χ4n) is 1.15. The van der Waals surface area contributed by atoms with E-state index in [9.17, 15) is 4.79 Å². The Morgan fingerprint density at radius 3 is 2.88 bits per heavy atom. The van der Waals surface area contributed by atoms with Crippen LogP contribution in [0.3, 0.4) is 0 Å². The predicted octanol–water partition coefficient (Wildman–Crippen LogP) is 2.22. The Morgan fingerprint density at radius 2 is 2.38 bits per heavy atom. The molecule has 1 aromatic rings. The first-order chi connectivity index (χ1) is 7.58. The van der Waals surface area contributed by atoms with Gasteiger partial charge in [-0.15, -0.1) is 0 Å². The third-order valence-corrected chi connectivity index (χ3v) is 3.37. The van der Waals surface area contributed by atoms with Crippen molar-refractivity contribution in [3.05, 3.63) is 23.4 Å². The Balaban J connectivity index is 2.99. The van der Waals surface area contributed by atoms with Gasteiger partial charge in [0.1, 0.15) is 16.3 Å². The maximum Gasteiger partial charge on any atom is 0.317 e. The monoisotopic (exact) mass is 236 g/mol. The number of hydrogen-bond donors (Lipinski definition) is 1. The van der Waals surface area contributed by atoms with Crippen molar-refractivity contribution >= 4 is 17.7 Å². The summed E-state index contributed by atoms with van der Waals surface area (Å²) in [5.74, 6) is -0.875. The second kappa shape index (κ2) is 5.52. The van der Waals surface area contributed by atoms with Gasteiger partial charge in [0.25, 0.3) is 0 Å². The van der Waals surface area contributed by atoms with Crippen molar-refractivity contribution in [2.75, 3.05) is 0 Å². The molecule has 0 bridgehead atoms. The molecule has 16 heavy (non-hydrogen) atoms. The highest BCUT2D eigenvalue weighted by atomic mass is 32.2. The molecular formula is C11H12N2O2S. The quantitative estimate of drug-likeness (QED) is 0.811. The third kappa shape index (κ3) is 2.97. The molecule has 1 rings (SSSR count). The molecule has 0 amide bonds. The molecule has 0 saturated heterocycles. The maximum absolute atomic E-state index is 10.9. The molecule has 1 aromatic heterocycles. The smallest absolute Gasteiger partial charge is 0.317 e. The molecule has 0 saturated carbocycles. The average molecular weight is 236 g/mol. The summed E-state index contributed by atoms with van der Waals surface area (Å²) in [6, 6.07) is 5.42. The van der Waals surface area contributed by atoms with Crippen LogP contribution in [0.4, 0.5) is 0 Å². The molecule has 0 spiro atoms. The van der Waals surface area contributed by atoms with Crippen LogP contribution in [0.2, 0.25) is 0 Å². The number of hydrogen-bond acceptors (Lipinski definition) is 4. The number of carboxylic acids is 1. The predicted molar refractivity (Wildman–Crippen MR) is 61.3 cm³/mol. The van der Waals surface area contributed by atoms with Gasteiger partial charge in [-0.2, -0.15) is 5.26 Å². The van der Waals surface area contributed by atoms with Crippen molar-refractivity contribution in [1.29, 1.82) is 5.26 Å². The van der Waals surface area contributed by atoms with Crippen molar-refractivity contribution in [3.8, 4) is 6.07 Å². The van der Waals surface area contributed by atoms with E-state index >= 15 is 0 Å². The molecule has 0 aliphatic heterocycles. The van der Waals surface area contributed by atoms with E-state index < -0.39 is 11.2 Å². The molecule has 1 unspecified atom stereocenters. The molecule has 0 radical (unpaired) electrons. The minimum atomic E-state index is -0.875. The lowest BCUT2D eigenvalue weighted by Gasteiger charge is -2.09. The Bertz CT molecular complexity index is 440. The van der Waals surface area contributed by atoms with Crippen LogP contribution in [0.1, 0.15) is 24.6 Å². The summed E-state index contributed by atoms with van der Waals surface area (Å²) < 4.78 is 0. The number of rotatable bonds is 4. The van der Waals surface area contributed by atoms with E-state index in [2.05, 4.69) is 4.98 Å². The van der Waals surface area contributed by atoms with Crippen LogP contribution in [0.25, 0.3) is 0 Å². The van der Waals surface area contributed by atoms with Crippen LogP contribution in [0.15, 0.2) is 17.2 Å². The number of carbonyl (C=O) groups is 1. The Kier molecular flexibility index (Phi) is 4.32. The van der Waals surface area contributed by atoms with Gasteiger partial charge in [0.05, 0.1) is 5.56 Å². The fourth-order valence-corrected chi connectivity index (χ4v) is 2.13. The van der Waals surface area contributed by atoms with Gasteiger partial charge in [-0.3, -0.25) is 4.79 Å². The summed E-state index contributed by atoms with van der Waals surface area (Å²) >= 11 is 1.13. The summed E-state index contributed by atoms with van der Waals surface area (Å²) in [4.78, 5) is 15.1. The zero-order chi connectivity index (χ0) is 12.1. The highest BCUT2D eigenvalue weighted by Gasteiger charge is 2.19. The van der Waals surface area contributed by atoms with Gasteiger partial charge in [0, 0.05) is 5.69 Å². The second-order valence-corrected chi connectivity index (χ2v) is 4.46. The van der Waals surface area contributed by atoms with E-state index in [0.717, 1.165) is 17.5 Å². The number of aliphatic carboxylic acids is 1. The minimum Gasteiger partial charge on any atom is -0.480 e. The maximum atomic E-state index is 10.9. The van der Waals surface area contributed by atoms with Crippen molar-refractivity contribution in [3.63, 3.8) is 0 Å². The van der Waals surface area contributed by atoms with Crippen molar-refractivity contribution in [2.45, 2.75) is 30.5 Å². The first kappa shape index (κ1) is 12.5.